The zero-order valence-electron chi connectivity index (χ0n) is 9.89. The van der Waals surface area contributed by atoms with Crippen LogP contribution in [0.2, 0.25) is 0 Å². The predicted molar refractivity (Wildman–Crippen MR) is 67.1 cm³/mol. The third-order valence-electron chi connectivity index (χ3n) is 2.99. The first-order chi connectivity index (χ1) is 8.81. The highest BCUT2D eigenvalue weighted by Gasteiger charge is 2.23. The summed E-state index contributed by atoms with van der Waals surface area (Å²) in [6.07, 6.45) is 7.92. The fourth-order valence-corrected chi connectivity index (χ4v) is 1.87. The van der Waals surface area contributed by atoms with Crippen LogP contribution >= 0.6 is 0 Å². The molecule has 0 atom stereocenters. The number of hydrogen-bond acceptors (Lipinski definition) is 3. The highest BCUT2D eigenvalue weighted by Crippen LogP contribution is 2.39. The van der Waals surface area contributed by atoms with Gasteiger partial charge in [-0.15, -0.1) is 0 Å². The van der Waals surface area contributed by atoms with Gasteiger partial charge in [-0.25, -0.2) is 9.97 Å². The summed E-state index contributed by atoms with van der Waals surface area (Å²) in [5.41, 5.74) is 1.26. The van der Waals surface area contributed by atoms with Gasteiger partial charge in [0.15, 0.2) is 0 Å². The molecular formula is C13H14N4O. The maximum absolute atomic E-state index is 11.7. The predicted octanol–water partition coefficient (Wildman–Crippen LogP) is 1.86. The lowest BCUT2D eigenvalue weighted by molar-refractivity contribution is -0.115. The number of anilines is 1. The Bertz CT molecular complexity index is 529. The summed E-state index contributed by atoms with van der Waals surface area (Å²) in [4.78, 5) is 22.8. The zero-order chi connectivity index (χ0) is 12.4. The van der Waals surface area contributed by atoms with Crippen LogP contribution in [0.15, 0.2) is 30.7 Å². The van der Waals surface area contributed by atoms with Crippen molar-refractivity contribution in [2.75, 3.05) is 5.32 Å². The summed E-state index contributed by atoms with van der Waals surface area (Å²) in [6, 6.07) is 3.89. The number of aromatic amines is 1. The van der Waals surface area contributed by atoms with Gasteiger partial charge in [0.05, 0.1) is 6.42 Å². The lowest BCUT2D eigenvalue weighted by Gasteiger charge is -2.04. The summed E-state index contributed by atoms with van der Waals surface area (Å²) < 4.78 is 0. The van der Waals surface area contributed by atoms with Crippen molar-refractivity contribution in [2.24, 2.45) is 0 Å². The normalized spacial score (nSPS) is 14.4. The van der Waals surface area contributed by atoms with Gasteiger partial charge in [-0.05, 0) is 30.4 Å². The first-order valence-corrected chi connectivity index (χ1v) is 6.05. The molecule has 0 aromatic carbocycles. The largest absolute Gasteiger partial charge is 0.348 e. The average molecular weight is 242 g/mol. The van der Waals surface area contributed by atoms with Crippen molar-refractivity contribution in [1.29, 1.82) is 0 Å². The molecule has 0 radical (unpaired) electrons. The number of amides is 1. The summed E-state index contributed by atoms with van der Waals surface area (Å²) in [5.74, 6) is 1.82. The highest BCUT2D eigenvalue weighted by molar-refractivity contribution is 5.90. The van der Waals surface area contributed by atoms with Crippen LogP contribution < -0.4 is 5.32 Å². The molecule has 2 aromatic heterocycles. The topological polar surface area (TPSA) is 70.7 Å². The Labute approximate surface area is 105 Å². The Kier molecular flexibility index (Phi) is 2.80. The monoisotopic (exact) mass is 242 g/mol. The van der Waals surface area contributed by atoms with E-state index in [4.69, 9.17) is 0 Å². The van der Waals surface area contributed by atoms with Crippen molar-refractivity contribution in [1.82, 2.24) is 15.0 Å². The van der Waals surface area contributed by atoms with Gasteiger partial charge in [-0.1, -0.05) is 6.07 Å². The first-order valence-electron chi connectivity index (χ1n) is 6.05. The molecule has 2 heterocycles. The minimum absolute atomic E-state index is 0.114. The summed E-state index contributed by atoms with van der Waals surface area (Å²) >= 11 is 0. The summed E-state index contributed by atoms with van der Waals surface area (Å²) in [6.45, 7) is 0. The maximum Gasteiger partial charge on any atom is 0.233 e. The molecule has 5 nitrogen and oxygen atoms in total. The molecule has 1 amide bonds. The van der Waals surface area contributed by atoms with E-state index in [0.29, 0.717) is 17.6 Å². The average Bonchev–Trinajstić information content (AvgIpc) is 3.09. The van der Waals surface area contributed by atoms with Gasteiger partial charge in [-0.3, -0.25) is 4.79 Å². The second kappa shape index (κ2) is 4.60. The highest BCUT2D eigenvalue weighted by atomic mass is 16.1. The molecule has 1 aliphatic carbocycles. The molecule has 0 unspecified atom stereocenters. The zero-order valence-corrected chi connectivity index (χ0v) is 9.89. The van der Waals surface area contributed by atoms with E-state index in [-0.39, 0.29) is 12.3 Å². The van der Waals surface area contributed by atoms with Crippen molar-refractivity contribution in [2.45, 2.75) is 25.2 Å². The molecule has 3 rings (SSSR count). The standard InChI is InChI=1S/C13H14N4O/c18-13(7-12-14-5-6-15-12)17-11-4-3-10(8-16-11)9-1-2-9/h3-6,8-9H,1-2,7H2,(H,14,15)(H,16,17,18). The van der Waals surface area contributed by atoms with Crippen LogP contribution in [0.1, 0.15) is 30.1 Å². The Morgan fingerprint density at radius 2 is 2.28 bits per heavy atom. The molecule has 0 spiro atoms. The molecule has 1 aliphatic rings. The smallest absolute Gasteiger partial charge is 0.233 e. The molecule has 92 valence electrons. The number of hydrogen-bond donors (Lipinski definition) is 2. The van der Waals surface area contributed by atoms with Crippen LogP contribution in [0.25, 0.3) is 0 Å². The molecule has 2 aromatic rings. The number of nitrogens with one attached hydrogen (secondary N) is 2. The number of nitrogens with zero attached hydrogens (tertiary/aromatic N) is 2. The fourth-order valence-electron chi connectivity index (χ4n) is 1.87. The Balaban J connectivity index is 1.59. The number of H-pyrrole nitrogens is 1. The number of pyridine rings is 1. The number of imidazole rings is 1. The van der Waals surface area contributed by atoms with Crippen molar-refractivity contribution >= 4 is 11.7 Å². The van der Waals surface area contributed by atoms with Gasteiger partial charge in [0.1, 0.15) is 11.6 Å². The SMILES string of the molecule is O=C(Cc1ncc[nH]1)Nc1ccc(C2CC2)cn1. The second-order valence-electron chi connectivity index (χ2n) is 4.51. The Hall–Kier alpha value is -2.17. The first kappa shape index (κ1) is 11.0. The van der Waals surface area contributed by atoms with E-state index >= 15 is 0 Å². The molecule has 1 fully saturated rings. The lowest BCUT2D eigenvalue weighted by atomic mass is 10.2. The van der Waals surface area contributed by atoms with Crippen molar-refractivity contribution in [3.05, 3.63) is 42.1 Å². The Morgan fingerprint density at radius 1 is 1.39 bits per heavy atom. The molecule has 0 saturated heterocycles. The molecular weight excluding hydrogens is 228 g/mol. The third-order valence-corrected chi connectivity index (χ3v) is 2.99. The minimum atomic E-state index is -0.114. The van der Waals surface area contributed by atoms with Crippen LogP contribution in [0.5, 0.6) is 0 Å². The van der Waals surface area contributed by atoms with Gasteiger partial charge >= 0.3 is 0 Å². The van der Waals surface area contributed by atoms with Gasteiger partial charge < -0.3 is 10.3 Å². The number of carbonyl (C=O) groups excluding carboxylic acids is 1. The van der Waals surface area contributed by atoms with Crippen LogP contribution in [0, 0.1) is 0 Å². The molecule has 0 aliphatic heterocycles. The Morgan fingerprint density at radius 3 is 2.89 bits per heavy atom. The minimum Gasteiger partial charge on any atom is -0.348 e. The number of carbonyl (C=O) groups is 1. The maximum atomic E-state index is 11.7. The molecule has 1 saturated carbocycles. The lowest BCUT2D eigenvalue weighted by Crippen LogP contribution is -2.16. The van der Waals surface area contributed by atoms with E-state index in [1.165, 1.54) is 18.4 Å². The van der Waals surface area contributed by atoms with Crippen LogP contribution in [-0.4, -0.2) is 20.9 Å². The van der Waals surface area contributed by atoms with E-state index in [1.54, 1.807) is 12.4 Å². The second-order valence-corrected chi connectivity index (χ2v) is 4.51. The van der Waals surface area contributed by atoms with Crippen LogP contribution in [0.4, 0.5) is 5.82 Å². The van der Waals surface area contributed by atoms with Gasteiger partial charge in [0.25, 0.3) is 0 Å². The molecule has 2 N–H and O–H groups in total. The fraction of sp³-hybridized carbons (Fsp3) is 0.308. The quantitative estimate of drug-likeness (QED) is 0.859. The van der Waals surface area contributed by atoms with Gasteiger partial charge in [-0.2, -0.15) is 0 Å². The summed E-state index contributed by atoms with van der Waals surface area (Å²) in [7, 11) is 0. The van der Waals surface area contributed by atoms with Crippen molar-refractivity contribution in [3.63, 3.8) is 0 Å². The number of aromatic nitrogens is 3. The third kappa shape index (κ3) is 2.56. The van der Waals surface area contributed by atoms with Crippen molar-refractivity contribution in [3.8, 4) is 0 Å². The van der Waals surface area contributed by atoms with Crippen LogP contribution in [-0.2, 0) is 11.2 Å². The number of rotatable bonds is 4. The molecule has 5 heteroatoms. The van der Waals surface area contributed by atoms with Gasteiger partial charge in [0, 0.05) is 18.6 Å². The van der Waals surface area contributed by atoms with E-state index < -0.39 is 0 Å². The molecule has 0 bridgehead atoms. The van der Waals surface area contributed by atoms with Gasteiger partial charge in [0.2, 0.25) is 5.91 Å². The van der Waals surface area contributed by atoms with E-state index in [9.17, 15) is 4.79 Å². The summed E-state index contributed by atoms with van der Waals surface area (Å²) in [5, 5.41) is 2.76. The molecule has 18 heavy (non-hydrogen) atoms. The van der Waals surface area contributed by atoms with Crippen molar-refractivity contribution < 1.29 is 4.79 Å². The van der Waals surface area contributed by atoms with E-state index in [2.05, 4.69) is 20.3 Å². The van der Waals surface area contributed by atoms with E-state index in [0.717, 1.165) is 0 Å². The van der Waals surface area contributed by atoms with E-state index in [1.807, 2.05) is 18.3 Å². The van der Waals surface area contributed by atoms with Crippen LogP contribution in [0.3, 0.4) is 0 Å².